The Morgan fingerprint density at radius 3 is 2.31 bits per heavy atom. The second kappa shape index (κ2) is 5.53. The minimum atomic E-state index is -0.276. The molecule has 0 aliphatic rings. The van der Waals surface area contributed by atoms with Crippen LogP contribution in [0.5, 0.6) is 0 Å². The number of rotatable bonds is 2. The fraction of sp³-hybridized carbons (Fsp3) is 0.0909. The van der Waals surface area contributed by atoms with Crippen molar-refractivity contribution in [1.82, 2.24) is 9.97 Å². The van der Waals surface area contributed by atoms with E-state index in [1.54, 1.807) is 30.6 Å². The largest absolute Gasteiger partial charge is 0.324 e. The molecular weight excluding hydrogens is 229 g/mol. The highest BCUT2D eigenvalue weighted by molar-refractivity contribution is 5.85. The molecule has 1 heterocycles. The quantitative estimate of drug-likeness (QED) is 0.874. The number of nitrogens with two attached hydrogens (primary N) is 1. The number of nitrogens with zero attached hydrogens (tertiary/aromatic N) is 2. The predicted molar refractivity (Wildman–Crippen MR) is 62.6 cm³/mol. The summed E-state index contributed by atoms with van der Waals surface area (Å²) in [4.78, 5) is 8.02. The smallest absolute Gasteiger partial charge is 0.141 e. The molecule has 0 fully saturated rings. The van der Waals surface area contributed by atoms with Gasteiger partial charge in [0.25, 0.3) is 0 Å². The molecule has 0 saturated carbocycles. The van der Waals surface area contributed by atoms with Gasteiger partial charge in [0.05, 0.1) is 6.54 Å². The van der Waals surface area contributed by atoms with Crippen LogP contribution in [0.3, 0.4) is 0 Å². The monoisotopic (exact) mass is 239 g/mol. The van der Waals surface area contributed by atoms with Crippen molar-refractivity contribution in [2.45, 2.75) is 6.54 Å². The van der Waals surface area contributed by atoms with Gasteiger partial charge in [-0.2, -0.15) is 0 Å². The fourth-order valence-corrected chi connectivity index (χ4v) is 1.29. The molecule has 1 aromatic carbocycles. The summed E-state index contributed by atoms with van der Waals surface area (Å²) in [7, 11) is 0. The van der Waals surface area contributed by atoms with Crippen molar-refractivity contribution in [2.75, 3.05) is 0 Å². The summed E-state index contributed by atoms with van der Waals surface area (Å²) in [6, 6.07) is 6.52. The van der Waals surface area contributed by atoms with Gasteiger partial charge < -0.3 is 5.73 Å². The maximum absolute atomic E-state index is 13.4. The summed E-state index contributed by atoms with van der Waals surface area (Å²) in [5, 5.41) is 0. The van der Waals surface area contributed by atoms with Crippen LogP contribution in [-0.4, -0.2) is 9.97 Å². The Balaban J connectivity index is 0.00000128. The van der Waals surface area contributed by atoms with Crippen LogP contribution >= 0.6 is 12.4 Å². The Kier molecular flexibility index (Phi) is 4.34. The third kappa shape index (κ3) is 2.53. The third-order valence-electron chi connectivity index (χ3n) is 2.07. The van der Waals surface area contributed by atoms with E-state index in [1.807, 2.05) is 0 Å². The average Bonchev–Trinajstić information content (AvgIpc) is 2.30. The number of aromatic nitrogens is 2. The fourth-order valence-electron chi connectivity index (χ4n) is 1.29. The van der Waals surface area contributed by atoms with Crippen molar-refractivity contribution in [3.8, 4) is 11.1 Å². The van der Waals surface area contributed by atoms with Crippen molar-refractivity contribution in [3.63, 3.8) is 0 Å². The minimum Gasteiger partial charge on any atom is -0.324 e. The van der Waals surface area contributed by atoms with E-state index in [0.717, 1.165) is 0 Å². The van der Waals surface area contributed by atoms with Crippen LogP contribution in [0.15, 0.2) is 36.7 Å². The third-order valence-corrected chi connectivity index (χ3v) is 2.07. The van der Waals surface area contributed by atoms with Gasteiger partial charge in [-0.25, -0.2) is 14.4 Å². The Morgan fingerprint density at radius 2 is 1.75 bits per heavy atom. The van der Waals surface area contributed by atoms with E-state index in [-0.39, 0.29) is 24.8 Å². The molecule has 0 unspecified atom stereocenters. The lowest BCUT2D eigenvalue weighted by atomic mass is 10.1. The lowest BCUT2D eigenvalue weighted by molar-refractivity contribution is 0.631. The summed E-state index contributed by atoms with van der Waals surface area (Å²) < 4.78 is 13.4. The first kappa shape index (κ1) is 12.5. The second-order valence-electron chi connectivity index (χ2n) is 3.07. The number of hydrogen-bond acceptors (Lipinski definition) is 3. The molecule has 0 bridgehead atoms. The molecule has 5 heteroatoms. The van der Waals surface area contributed by atoms with Gasteiger partial charge in [-0.1, -0.05) is 18.2 Å². The van der Waals surface area contributed by atoms with Crippen LogP contribution < -0.4 is 5.73 Å². The van der Waals surface area contributed by atoms with Gasteiger partial charge in [0.1, 0.15) is 11.6 Å². The zero-order valence-electron chi connectivity index (χ0n) is 8.43. The molecular formula is C11H11ClFN3. The highest BCUT2D eigenvalue weighted by Crippen LogP contribution is 2.20. The van der Waals surface area contributed by atoms with Gasteiger partial charge in [-0.05, 0) is 6.07 Å². The summed E-state index contributed by atoms with van der Waals surface area (Å²) in [5.41, 5.74) is 6.53. The molecule has 0 aliphatic carbocycles. The van der Waals surface area contributed by atoms with Crippen LogP contribution in [0.25, 0.3) is 11.1 Å². The first-order chi connectivity index (χ1) is 7.31. The van der Waals surface area contributed by atoms with Crippen molar-refractivity contribution < 1.29 is 4.39 Å². The molecule has 2 N–H and O–H groups in total. The Morgan fingerprint density at radius 1 is 1.12 bits per heavy atom. The molecule has 0 atom stereocenters. The van der Waals surface area contributed by atoms with Gasteiger partial charge >= 0.3 is 0 Å². The van der Waals surface area contributed by atoms with Gasteiger partial charge in [0.2, 0.25) is 0 Å². The van der Waals surface area contributed by atoms with Crippen molar-refractivity contribution in [3.05, 3.63) is 48.3 Å². The van der Waals surface area contributed by atoms with Gasteiger partial charge in [-0.3, -0.25) is 0 Å². The van der Waals surface area contributed by atoms with E-state index in [1.165, 1.54) is 6.07 Å². The van der Waals surface area contributed by atoms with Gasteiger partial charge in [0.15, 0.2) is 0 Å². The predicted octanol–water partition coefficient (Wildman–Crippen LogP) is 2.16. The van der Waals surface area contributed by atoms with E-state index in [4.69, 9.17) is 5.73 Å². The van der Waals surface area contributed by atoms with Crippen LogP contribution in [0.2, 0.25) is 0 Å². The molecule has 0 spiro atoms. The normalized spacial score (nSPS) is 9.62. The van der Waals surface area contributed by atoms with E-state index in [9.17, 15) is 4.39 Å². The van der Waals surface area contributed by atoms with Crippen LogP contribution in [0.4, 0.5) is 4.39 Å². The molecule has 84 valence electrons. The van der Waals surface area contributed by atoms with Crippen molar-refractivity contribution in [1.29, 1.82) is 0 Å². The first-order valence-electron chi connectivity index (χ1n) is 4.57. The second-order valence-corrected chi connectivity index (χ2v) is 3.07. The summed E-state index contributed by atoms with van der Waals surface area (Å²) in [6.07, 6.45) is 3.15. The molecule has 16 heavy (non-hydrogen) atoms. The Labute approximate surface area is 99.0 Å². The summed E-state index contributed by atoms with van der Waals surface area (Å²) in [6.45, 7) is 0.289. The van der Waals surface area contributed by atoms with E-state index in [2.05, 4.69) is 9.97 Å². The summed E-state index contributed by atoms with van der Waals surface area (Å²) in [5.74, 6) is 0.275. The Bertz CT molecular complexity index is 459. The van der Waals surface area contributed by atoms with Gasteiger partial charge in [0, 0.05) is 23.5 Å². The average molecular weight is 240 g/mol. The highest BCUT2D eigenvalue weighted by atomic mass is 35.5. The molecule has 0 radical (unpaired) electrons. The van der Waals surface area contributed by atoms with E-state index >= 15 is 0 Å². The molecule has 2 aromatic rings. The molecule has 0 saturated heterocycles. The lowest BCUT2D eigenvalue weighted by Gasteiger charge is -2.02. The first-order valence-corrected chi connectivity index (χ1v) is 4.57. The molecule has 3 nitrogen and oxygen atoms in total. The summed E-state index contributed by atoms with van der Waals surface area (Å²) >= 11 is 0. The van der Waals surface area contributed by atoms with Gasteiger partial charge in [-0.15, -0.1) is 12.4 Å². The zero-order valence-corrected chi connectivity index (χ0v) is 9.25. The SMILES string of the molecule is Cl.NCc1ncc(-c2ccccc2F)cn1. The minimum absolute atomic E-state index is 0. The highest BCUT2D eigenvalue weighted by Gasteiger charge is 2.04. The Hall–Kier alpha value is -1.52. The number of hydrogen-bond donors (Lipinski definition) is 1. The molecule has 0 amide bonds. The topological polar surface area (TPSA) is 51.8 Å². The van der Waals surface area contributed by atoms with Crippen LogP contribution in [-0.2, 0) is 6.54 Å². The lowest BCUT2D eigenvalue weighted by Crippen LogP contribution is -2.02. The molecule has 0 aliphatic heterocycles. The number of halogens is 2. The maximum atomic E-state index is 13.4. The number of benzene rings is 1. The van der Waals surface area contributed by atoms with E-state index in [0.29, 0.717) is 17.0 Å². The molecule has 2 rings (SSSR count). The standard InChI is InChI=1S/C11H10FN3.ClH/c12-10-4-2-1-3-9(10)8-6-14-11(5-13)15-7-8;/h1-4,6-7H,5,13H2;1H. The van der Waals surface area contributed by atoms with Crippen LogP contribution in [0, 0.1) is 5.82 Å². The zero-order chi connectivity index (χ0) is 10.7. The van der Waals surface area contributed by atoms with Crippen molar-refractivity contribution >= 4 is 12.4 Å². The van der Waals surface area contributed by atoms with Crippen molar-refractivity contribution in [2.24, 2.45) is 5.73 Å². The van der Waals surface area contributed by atoms with Crippen LogP contribution in [0.1, 0.15) is 5.82 Å². The maximum Gasteiger partial charge on any atom is 0.141 e. The molecule has 1 aromatic heterocycles. The van der Waals surface area contributed by atoms with E-state index < -0.39 is 0 Å².